The van der Waals surface area contributed by atoms with Crippen molar-refractivity contribution in [2.75, 3.05) is 40.4 Å². The van der Waals surface area contributed by atoms with Crippen molar-refractivity contribution in [2.24, 2.45) is 11.8 Å². The summed E-state index contributed by atoms with van der Waals surface area (Å²) in [5.41, 5.74) is 0.894. The van der Waals surface area contributed by atoms with E-state index in [4.69, 9.17) is 9.47 Å². The molecule has 2 N–H and O–H groups in total. The first kappa shape index (κ1) is 22.3. The van der Waals surface area contributed by atoms with E-state index in [2.05, 4.69) is 29.4 Å². The normalized spacial score (nSPS) is 21.0. The quantitative estimate of drug-likeness (QED) is 0.628. The number of nitrogens with one attached hydrogen (secondary N) is 2. The highest BCUT2D eigenvalue weighted by Crippen LogP contribution is 2.29. The number of methoxy groups -OCH3 is 2. The van der Waals surface area contributed by atoms with Crippen LogP contribution in [0.2, 0.25) is 0 Å². The van der Waals surface area contributed by atoms with Gasteiger partial charge in [-0.25, -0.2) is 4.79 Å². The van der Waals surface area contributed by atoms with Gasteiger partial charge in [-0.05, 0) is 62.8 Å². The zero-order valence-corrected chi connectivity index (χ0v) is 18.1. The van der Waals surface area contributed by atoms with E-state index in [1.807, 2.05) is 25.1 Å². The molecule has 1 heterocycles. The fraction of sp³-hybridized carbons (Fsp3) is 0.682. The van der Waals surface area contributed by atoms with E-state index in [9.17, 15) is 4.79 Å². The van der Waals surface area contributed by atoms with Crippen molar-refractivity contribution in [3.8, 4) is 11.5 Å². The first-order valence-electron chi connectivity index (χ1n) is 10.4. The Morgan fingerprint density at radius 1 is 1.18 bits per heavy atom. The molecule has 1 aromatic carbocycles. The van der Waals surface area contributed by atoms with Gasteiger partial charge in [-0.1, -0.05) is 13.8 Å². The molecule has 0 aliphatic carbocycles. The summed E-state index contributed by atoms with van der Waals surface area (Å²) in [7, 11) is 3.25. The predicted molar refractivity (Wildman–Crippen MR) is 113 cm³/mol. The summed E-state index contributed by atoms with van der Waals surface area (Å²) >= 11 is 0. The van der Waals surface area contributed by atoms with Crippen LogP contribution in [0.25, 0.3) is 0 Å². The van der Waals surface area contributed by atoms with Gasteiger partial charge in [0.2, 0.25) is 0 Å². The monoisotopic (exact) mass is 391 g/mol. The number of urea groups is 1. The molecule has 6 heteroatoms. The molecule has 1 fully saturated rings. The summed E-state index contributed by atoms with van der Waals surface area (Å²) in [4.78, 5) is 14.8. The van der Waals surface area contributed by atoms with Crippen LogP contribution in [-0.2, 0) is 0 Å². The van der Waals surface area contributed by atoms with Crippen molar-refractivity contribution < 1.29 is 14.3 Å². The maximum absolute atomic E-state index is 12.2. The number of piperidine rings is 1. The Hall–Kier alpha value is -1.95. The first-order chi connectivity index (χ1) is 13.4. The molecule has 2 amide bonds. The van der Waals surface area contributed by atoms with Gasteiger partial charge >= 0.3 is 6.03 Å². The van der Waals surface area contributed by atoms with Crippen molar-refractivity contribution in [2.45, 2.75) is 46.1 Å². The van der Waals surface area contributed by atoms with Crippen molar-refractivity contribution in [3.63, 3.8) is 0 Å². The van der Waals surface area contributed by atoms with Crippen molar-refractivity contribution in [1.82, 2.24) is 15.5 Å². The van der Waals surface area contributed by atoms with Crippen LogP contribution >= 0.6 is 0 Å². The average molecular weight is 392 g/mol. The van der Waals surface area contributed by atoms with E-state index in [1.165, 1.54) is 19.5 Å². The molecule has 1 aliphatic heterocycles. The summed E-state index contributed by atoms with van der Waals surface area (Å²) < 4.78 is 10.7. The second-order valence-electron chi connectivity index (χ2n) is 8.14. The summed E-state index contributed by atoms with van der Waals surface area (Å²) in [6, 6.07) is 5.26. The zero-order chi connectivity index (χ0) is 20.5. The highest BCUT2D eigenvalue weighted by Gasteiger charge is 2.21. The number of hydrogen-bond acceptors (Lipinski definition) is 4. The number of amides is 2. The van der Waals surface area contributed by atoms with Gasteiger partial charge in [0, 0.05) is 25.2 Å². The predicted octanol–water partition coefficient (Wildman–Crippen LogP) is 3.82. The smallest absolute Gasteiger partial charge is 0.315 e. The number of rotatable bonds is 9. The van der Waals surface area contributed by atoms with Gasteiger partial charge in [-0.15, -0.1) is 0 Å². The second-order valence-corrected chi connectivity index (χ2v) is 8.14. The fourth-order valence-corrected chi connectivity index (χ4v) is 4.14. The second kappa shape index (κ2) is 11.1. The van der Waals surface area contributed by atoms with Crippen LogP contribution in [0.5, 0.6) is 11.5 Å². The van der Waals surface area contributed by atoms with Crippen molar-refractivity contribution in [3.05, 3.63) is 23.8 Å². The SMILES string of the molecule is COc1ccc(OC)c(C(C)NC(=O)NCCCCN2CC(C)CC(C)C2)c1. The third-order valence-electron chi connectivity index (χ3n) is 5.38. The van der Waals surface area contributed by atoms with E-state index in [1.54, 1.807) is 14.2 Å². The van der Waals surface area contributed by atoms with Gasteiger partial charge in [0.1, 0.15) is 11.5 Å². The first-order valence-corrected chi connectivity index (χ1v) is 10.4. The third kappa shape index (κ3) is 6.89. The Kier molecular flexibility index (Phi) is 8.90. The molecular weight excluding hydrogens is 354 g/mol. The summed E-state index contributed by atoms with van der Waals surface area (Å²) in [5.74, 6) is 3.07. The Morgan fingerprint density at radius 3 is 2.54 bits per heavy atom. The van der Waals surface area contributed by atoms with E-state index >= 15 is 0 Å². The number of ether oxygens (including phenoxy) is 2. The average Bonchev–Trinajstić information content (AvgIpc) is 2.66. The molecule has 0 radical (unpaired) electrons. The van der Waals surface area contributed by atoms with Crippen LogP contribution in [0.4, 0.5) is 4.79 Å². The highest BCUT2D eigenvalue weighted by atomic mass is 16.5. The van der Waals surface area contributed by atoms with Gasteiger partial charge in [0.15, 0.2) is 0 Å². The van der Waals surface area contributed by atoms with Crippen LogP contribution in [-0.4, -0.2) is 51.3 Å². The lowest BCUT2D eigenvalue weighted by atomic mass is 9.92. The maximum Gasteiger partial charge on any atom is 0.315 e. The van der Waals surface area contributed by atoms with Gasteiger partial charge in [0.25, 0.3) is 0 Å². The standard InChI is InChI=1S/C22H37N3O3/c1-16-12-17(2)15-25(14-16)11-7-6-10-23-22(26)24-18(3)20-13-19(27-4)8-9-21(20)28-5/h8-9,13,16-18H,6-7,10-12,14-15H2,1-5H3,(H2,23,24,26). The van der Waals surface area contributed by atoms with E-state index in [-0.39, 0.29) is 12.1 Å². The molecule has 0 aromatic heterocycles. The van der Waals surface area contributed by atoms with Crippen LogP contribution in [0.1, 0.15) is 51.6 Å². The van der Waals surface area contributed by atoms with Gasteiger partial charge in [-0.2, -0.15) is 0 Å². The Balaban J connectivity index is 1.69. The lowest BCUT2D eigenvalue weighted by Gasteiger charge is -2.34. The molecule has 158 valence electrons. The van der Waals surface area contributed by atoms with Crippen LogP contribution in [0.3, 0.4) is 0 Å². The molecule has 1 aliphatic rings. The van der Waals surface area contributed by atoms with Gasteiger partial charge in [0.05, 0.1) is 20.3 Å². The minimum Gasteiger partial charge on any atom is -0.497 e. The molecule has 6 nitrogen and oxygen atoms in total. The minimum absolute atomic E-state index is 0.155. The molecule has 2 rings (SSSR count). The van der Waals surface area contributed by atoms with Gasteiger partial charge in [-0.3, -0.25) is 0 Å². The van der Waals surface area contributed by atoms with Crippen molar-refractivity contribution in [1.29, 1.82) is 0 Å². The number of carbonyl (C=O) groups is 1. The van der Waals surface area contributed by atoms with Gasteiger partial charge < -0.3 is 25.0 Å². The van der Waals surface area contributed by atoms with Crippen LogP contribution in [0, 0.1) is 11.8 Å². The van der Waals surface area contributed by atoms with Crippen LogP contribution < -0.4 is 20.1 Å². The fourth-order valence-electron chi connectivity index (χ4n) is 4.14. The number of unbranched alkanes of at least 4 members (excludes halogenated alkanes) is 1. The van der Waals surface area contributed by atoms with Crippen LogP contribution in [0.15, 0.2) is 18.2 Å². The Labute approximate surface area is 170 Å². The number of likely N-dealkylation sites (tertiary alicyclic amines) is 1. The van der Waals surface area contributed by atoms with Crippen molar-refractivity contribution >= 4 is 6.03 Å². The molecule has 0 saturated carbocycles. The zero-order valence-electron chi connectivity index (χ0n) is 18.1. The summed E-state index contributed by atoms with van der Waals surface area (Å²) in [6.07, 6.45) is 3.44. The van der Waals surface area contributed by atoms with E-state index < -0.39 is 0 Å². The lowest BCUT2D eigenvalue weighted by molar-refractivity contribution is 0.139. The van der Waals surface area contributed by atoms with E-state index in [0.29, 0.717) is 6.54 Å². The molecule has 1 aromatic rings. The minimum atomic E-state index is -0.179. The highest BCUT2D eigenvalue weighted by molar-refractivity contribution is 5.74. The number of benzene rings is 1. The maximum atomic E-state index is 12.2. The topological polar surface area (TPSA) is 62.8 Å². The molecule has 3 atom stereocenters. The molecule has 3 unspecified atom stereocenters. The molecule has 1 saturated heterocycles. The number of hydrogen-bond donors (Lipinski definition) is 2. The largest absolute Gasteiger partial charge is 0.497 e. The molecule has 0 spiro atoms. The van der Waals surface area contributed by atoms with E-state index in [0.717, 1.165) is 48.3 Å². The Bertz CT molecular complexity index is 613. The number of carbonyl (C=O) groups excluding carboxylic acids is 1. The number of nitrogens with zero attached hydrogens (tertiary/aromatic N) is 1. The summed E-state index contributed by atoms with van der Waals surface area (Å²) in [6.45, 7) is 10.8. The lowest BCUT2D eigenvalue weighted by Crippen LogP contribution is -2.40. The Morgan fingerprint density at radius 2 is 1.89 bits per heavy atom. The molecule has 0 bridgehead atoms. The molecule has 28 heavy (non-hydrogen) atoms. The third-order valence-corrected chi connectivity index (χ3v) is 5.38. The molecular formula is C22H37N3O3. The summed E-state index contributed by atoms with van der Waals surface area (Å²) in [5, 5.41) is 5.94.